The fraction of sp³-hybridized carbons (Fsp3) is 0.0952. The van der Waals surface area contributed by atoms with Gasteiger partial charge in [0.1, 0.15) is 11.6 Å². The normalized spacial score (nSPS) is 11.0. The van der Waals surface area contributed by atoms with Crippen LogP contribution >= 0.6 is 22.6 Å². The van der Waals surface area contributed by atoms with Crippen LogP contribution < -0.4 is 5.32 Å². The highest BCUT2D eigenvalue weighted by Crippen LogP contribution is 2.24. The van der Waals surface area contributed by atoms with Gasteiger partial charge < -0.3 is 9.88 Å². The first-order valence-electron chi connectivity index (χ1n) is 8.26. The molecule has 0 unspecified atom stereocenters. The van der Waals surface area contributed by atoms with Gasteiger partial charge in [-0.3, -0.25) is 4.79 Å². The molecule has 3 aromatic rings. The minimum absolute atomic E-state index is 0.0258. The summed E-state index contributed by atoms with van der Waals surface area (Å²) in [6.45, 7) is 0.557. The Kier molecular flexibility index (Phi) is 5.90. The second-order valence-corrected chi connectivity index (χ2v) is 6.97. The van der Waals surface area contributed by atoms with Crippen LogP contribution in [0.4, 0.5) is 5.69 Å². The Morgan fingerprint density at radius 3 is 2.63 bits per heavy atom. The van der Waals surface area contributed by atoms with Crippen molar-refractivity contribution >= 4 is 51.2 Å². The van der Waals surface area contributed by atoms with Crippen LogP contribution in [0.3, 0.4) is 0 Å². The number of aryl methyl sites for hydroxylation is 1. The average Bonchev–Trinajstić information content (AvgIpc) is 3.04. The monoisotopic (exact) mass is 466 g/mol. The molecule has 0 saturated carbocycles. The van der Waals surface area contributed by atoms with Crippen molar-refractivity contribution in [2.75, 3.05) is 5.32 Å². The van der Waals surface area contributed by atoms with Gasteiger partial charge in [-0.25, -0.2) is 0 Å². The lowest BCUT2D eigenvalue weighted by molar-refractivity contribution is -0.112. The van der Waals surface area contributed by atoms with E-state index in [-0.39, 0.29) is 5.57 Å². The summed E-state index contributed by atoms with van der Waals surface area (Å²) in [5.74, 6) is -0.449. The molecule has 0 saturated heterocycles. The molecule has 0 aliphatic carbocycles. The molecule has 1 amide bonds. The van der Waals surface area contributed by atoms with E-state index < -0.39 is 5.91 Å². The number of benzene rings is 2. The van der Waals surface area contributed by atoms with Gasteiger partial charge in [0, 0.05) is 32.8 Å². The predicted molar refractivity (Wildman–Crippen MR) is 114 cm³/mol. The Balaban J connectivity index is 1.96. The van der Waals surface area contributed by atoms with Crippen molar-refractivity contribution in [1.82, 2.24) is 4.57 Å². The summed E-state index contributed by atoms with van der Waals surface area (Å²) >= 11 is 2.13. The van der Waals surface area contributed by atoms with Crippen LogP contribution in [-0.2, 0) is 11.3 Å². The summed E-state index contributed by atoms with van der Waals surface area (Å²) in [6.07, 6.45) is 3.86. The third-order valence-electron chi connectivity index (χ3n) is 4.07. The van der Waals surface area contributed by atoms with Crippen molar-refractivity contribution in [2.45, 2.75) is 13.0 Å². The molecule has 0 spiro atoms. The summed E-state index contributed by atoms with van der Waals surface area (Å²) < 4.78 is 2.87. The van der Waals surface area contributed by atoms with Crippen molar-refractivity contribution in [3.05, 3.63) is 69.4 Å². The van der Waals surface area contributed by atoms with Crippen LogP contribution in [0.25, 0.3) is 17.0 Å². The number of fused-ring (bicyclic) bond motifs is 1. The lowest BCUT2D eigenvalue weighted by Crippen LogP contribution is -2.14. The SMILES string of the molecule is N#CCCn1cc(C=C(C#N)C(=O)Nc2ccccc2I)c2ccccc21. The van der Waals surface area contributed by atoms with Gasteiger partial charge in [-0.1, -0.05) is 30.3 Å². The van der Waals surface area contributed by atoms with Crippen molar-refractivity contribution in [3.8, 4) is 12.1 Å². The zero-order valence-electron chi connectivity index (χ0n) is 14.3. The maximum absolute atomic E-state index is 12.6. The second-order valence-electron chi connectivity index (χ2n) is 5.81. The quantitative estimate of drug-likeness (QED) is 0.336. The summed E-state index contributed by atoms with van der Waals surface area (Å²) in [5, 5.41) is 22.1. The molecule has 1 aromatic heterocycles. The van der Waals surface area contributed by atoms with Crippen molar-refractivity contribution < 1.29 is 4.79 Å². The van der Waals surface area contributed by atoms with E-state index in [0.29, 0.717) is 18.7 Å². The van der Waals surface area contributed by atoms with E-state index in [1.165, 1.54) is 0 Å². The summed E-state index contributed by atoms with van der Waals surface area (Å²) in [5.41, 5.74) is 2.44. The number of aromatic nitrogens is 1. The molecule has 3 rings (SSSR count). The third kappa shape index (κ3) is 4.18. The topological polar surface area (TPSA) is 81.6 Å². The highest BCUT2D eigenvalue weighted by Gasteiger charge is 2.13. The molecule has 0 aliphatic heterocycles. The van der Waals surface area contributed by atoms with E-state index in [1.54, 1.807) is 12.1 Å². The van der Waals surface area contributed by atoms with E-state index in [0.717, 1.165) is 20.0 Å². The Labute approximate surface area is 170 Å². The second kappa shape index (κ2) is 8.52. The minimum atomic E-state index is -0.449. The Hall–Kier alpha value is -3.10. The van der Waals surface area contributed by atoms with Gasteiger partial charge in [-0.05, 0) is 46.9 Å². The van der Waals surface area contributed by atoms with Gasteiger partial charge in [0.25, 0.3) is 5.91 Å². The smallest absolute Gasteiger partial charge is 0.266 e. The number of anilines is 1. The summed E-state index contributed by atoms with van der Waals surface area (Å²) in [4.78, 5) is 12.6. The lowest BCUT2D eigenvalue weighted by Gasteiger charge is -2.06. The van der Waals surface area contributed by atoms with Crippen molar-refractivity contribution in [3.63, 3.8) is 0 Å². The number of rotatable bonds is 5. The fourth-order valence-corrected chi connectivity index (χ4v) is 3.32. The van der Waals surface area contributed by atoms with Crippen LogP contribution in [0.1, 0.15) is 12.0 Å². The number of carbonyl (C=O) groups excluding carboxylic acids is 1. The molecule has 132 valence electrons. The average molecular weight is 466 g/mol. The number of para-hydroxylation sites is 2. The molecule has 2 aromatic carbocycles. The van der Waals surface area contributed by atoms with Crippen LogP contribution in [0.2, 0.25) is 0 Å². The molecule has 6 heteroatoms. The molecule has 0 fully saturated rings. The highest BCUT2D eigenvalue weighted by atomic mass is 127. The number of halogens is 1. The number of hydrogen-bond donors (Lipinski definition) is 1. The van der Waals surface area contributed by atoms with Crippen LogP contribution in [0.15, 0.2) is 60.3 Å². The standard InChI is InChI=1S/C21H15IN4O/c22-18-7-2-3-8-19(18)25-21(27)15(13-24)12-16-14-26(11-5-10-23)20-9-4-1-6-17(16)20/h1-4,6-9,12,14H,5,11H2,(H,25,27). The molecule has 1 N–H and O–H groups in total. The zero-order chi connectivity index (χ0) is 19.2. The van der Waals surface area contributed by atoms with Gasteiger partial charge in [-0.15, -0.1) is 0 Å². The van der Waals surface area contributed by atoms with Gasteiger partial charge in [0.2, 0.25) is 0 Å². The molecular formula is C21H15IN4O. The fourth-order valence-electron chi connectivity index (χ4n) is 2.80. The lowest BCUT2D eigenvalue weighted by atomic mass is 10.1. The third-order valence-corrected chi connectivity index (χ3v) is 5.01. The maximum Gasteiger partial charge on any atom is 0.266 e. The number of nitriles is 2. The largest absolute Gasteiger partial charge is 0.346 e. The van der Waals surface area contributed by atoms with E-state index in [2.05, 4.69) is 34.0 Å². The molecule has 0 atom stereocenters. The molecule has 1 heterocycles. The van der Waals surface area contributed by atoms with Gasteiger partial charge in [0.15, 0.2) is 0 Å². The number of nitrogens with one attached hydrogen (secondary N) is 1. The Morgan fingerprint density at radius 2 is 1.89 bits per heavy atom. The summed E-state index contributed by atoms with van der Waals surface area (Å²) in [6, 6.07) is 19.3. The number of carbonyl (C=O) groups is 1. The van der Waals surface area contributed by atoms with E-state index in [1.807, 2.05) is 59.3 Å². The Morgan fingerprint density at radius 1 is 1.15 bits per heavy atom. The highest BCUT2D eigenvalue weighted by molar-refractivity contribution is 14.1. The molecule has 27 heavy (non-hydrogen) atoms. The molecule has 0 aliphatic rings. The Bertz CT molecular complexity index is 1120. The minimum Gasteiger partial charge on any atom is -0.346 e. The first-order chi connectivity index (χ1) is 13.1. The van der Waals surface area contributed by atoms with Crippen molar-refractivity contribution in [1.29, 1.82) is 10.5 Å². The first kappa shape index (κ1) is 18.7. The number of amides is 1. The maximum atomic E-state index is 12.6. The van der Waals surface area contributed by atoms with Gasteiger partial charge >= 0.3 is 0 Å². The van der Waals surface area contributed by atoms with Crippen LogP contribution in [0, 0.1) is 26.2 Å². The first-order valence-corrected chi connectivity index (χ1v) is 9.34. The van der Waals surface area contributed by atoms with E-state index in [4.69, 9.17) is 5.26 Å². The molecule has 0 radical (unpaired) electrons. The van der Waals surface area contributed by atoms with Crippen LogP contribution in [0.5, 0.6) is 0 Å². The van der Waals surface area contributed by atoms with Crippen LogP contribution in [-0.4, -0.2) is 10.5 Å². The number of hydrogen-bond acceptors (Lipinski definition) is 3. The van der Waals surface area contributed by atoms with Gasteiger partial charge in [-0.2, -0.15) is 10.5 Å². The van der Waals surface area contributed by atoms with Crippen molar-refractivity contribution in [2.24, 2.45) is 0 Å². The zero-order valence-corrected chi connectivity index (χ0v) is 16.5. The molecule has 0 bridgehead atoms. The van der Waals surface area contributed by atoms with E-state index >= 15 is 0 Å². The predicted octanol–water partition coefficient (Wildman–Crippen LogP) is 4.71. The number of nitrogens with zero attached hydrogens (tertiary/aromatic N) is 3. The van der Waals surface area contributed by atoms with E-state index in [9.17, 15) is 10.1 Å². The molecular weight excluding hydrogens is 451 g/mol. The summed E-state index contributed by atoms with van der Waals surface area (Å²) in [7, 11) is 0. The molecule has 5 nitrogen and oxygen atoms in total. The van der Waals surface area contributed by atoms with Gasteiger partial charge in [0.05, 0.1) is 18.2 Å².